The molecule has 0 radical (unpaired) electrons. The van der Waals surface area contributed by atoms with Crippen LogP contribution >= 0.6 is 11.3 Å². The average molecular weight is 612 g/mol. The van der Waals surface area contributed by atoms with Gasteiger partial charge in [0.25, 0.3) is 0 Å². The molecule has 5 nitrogen and oxygen atoms in total. The Labute approximate surface area is 270 Å². The van der Waals surface area contributed by atoms with Crippen LogP contribution in [0.25, 0.3) is 47.7 Å². The molecule has 0 bridgehead atoms. The van der Waals surface area contributed by atoms with Gasteiger partial charge in [0.05, 0.1) is 41.2 Å². The van der Waals surface area contributed by atoms with E-state index in [-0.39, 0.29) is 18.5 Å². The lowest BCUT2D eigenvalue weighted by molar-refractivity contribution is 0.203. The third-order valence-electron chi connectivity index (χ3n) is 9.14. The Bertz CT molecular complexity index is 2440. The Balaban J connectivity index is 1.17. The van der Waals surface area contributed by atoms with E-state index in [4.69, 9.17) is 0 Å². The molecule has 1 aliphatic rings. The zero-order valence-corrected chi connectivity index (χ0v) is 25.6. The number of benzene rings is 6. The first kappa shape index (κ1) is 27.1. The molecule has 0 spiro atoms. The predicted molar refractivity (Wildman–Crippen MR) is 189 cm³/mol. The summed E-state index contributed by atoms with van der Waals surface area (Å²) in [6.45, 7) is 0. The lowest BCUT2D eigenvalue weighted by atomic mass is 10.0. The highest BCUT2D eigenvalue weighted by molar-refractivity contribution is 7.25. The Kier molecular flexibility index (Phi) is 6.44. The van der Waals surface area contributed by atoms with E-state index in [0.29, 0.717) is 5.56 Å². The van der Waals surface area contributed by atoms with Crippen molar-refractivity contribution in [1.82, 2.24) is 20.5 Å². The molecule has 3 heterocycles. The molecule has 2 aromatic heterocycles. The number of aromatic nitrogens is 1. The van der Waals surface area contributed by atoms with Gasteiger partial charge in [-0.3, -0.25) is 16.0 Å². The smallest absolute Gasteiger partial charge is 0.0991 e. The van der Waals surface area contributed by atoms with Crippen molar-refractivity contribution in [2.45, 2.75) is 18.5 Å². The molecule has 1 saturated heterocycles. The summed E-state index contributed by atoms with van der Waals surface area (Å²) in [4.78, 5) is 0. The van der Waals surface area contributed by atoms with E-state index < -0.39 is 0 Å². The number of rotatable bonds is 4. The number of fused-ring (bicyclic) bond motifs is 6. The molecule has 3 N–H and O–H groups in total. The van der Waals surface area contributed by atoms with Gasteiger partial charge in [0.15, 0.2) is 0 Å². The fraction of sp³-hybridized carbons (Fsp3) is 0.0750. The number of hydrogen-bond donors (Lipinski definition) is 3. The van der Waals surface area contributed by atoms with Gasteiger partial charge in [0, 0.05) is 36.6 Å². The van der Waals surface area contributed by atoms with E-state index >= 15 is 0 Å². The second-order valence-corrected chi connectivity index (χ2v) is 12.9. The van der Waals surface area contributed by atoms with Crippen molar-refractivity contribution in [3.63, 3.8) is 0 Å². The molecule has 6 aromatic carbocycles. The number of nitrogens with zero attached hydrogens (tertiary/aromatic N) is 2. The van der Waals surface area contributed by atoms with Gasteiger partial charge in [-0.05, 0) is 65.2 Å². The molecular formula is C40H29N5S. The third-order valence-corrected chi connectivity index (χ3v) is 10.3. The van der Waals surface area contributed by atoms with Gasteiger partial charge >= 0.3 is 0 Å². The van der Waals surface area contributed by atoms with Gasteiger partial charge in [-0.1, -0.05) is 91.0 Å². The molecule has 9 rings (SSSR count). The largest absolute Gasteiger partial charge is 0.309 e. The van der Waals surface area contributed by atoms with Crippen LogP contribution in [0.4, 0.5) is 0 Å². The molecule has 3 unspecified atom stereocenters. The highest BCUT2D eigenvalue weighted by Crippen LogP contribution is 2.41. The lowest BCUT2D eigenvalue weighted by Crippen LogP contribution is -2.54. The summed E-state index contributed by atoms with van der Waals surface area (Å²) in [5.41, 5.74) is 7.57. The summed E-state index contributed by atoms with van der Waals surface area (Å²) < 4.78 is 5.04. The number of nitriles is 1. The maximum absolute atomic E-state index is 9.35. The standard InChI is InChI=1S/C40H29N5S/c41-24-25-17-19-27(20-18-25)39-42-38(26-9-2-1-3-10-26)43-40(44-39)28-11-8-12-29(21-28)45-34-15-6-4-13-30(34)32-23-37-33(22-35(32)45)31-14-5-7-16-36(31)46-37/h1-23,38-40,42-44H. The minimum atomic E-state index is -0.132. The van der Waals surface area contributed by atoms with Gasteiger partial charge in [0.2, 0.25) is 0 Å². The first-order valence-electron chi connectivity index (χ1n) is 15.5. The molecule has 1 aliphatic heterocycles. The fourth-order valence-electron chi connectivity index (χ4n) is 6.93. The molecular weight excluding hydrogens is 583 g/mol. The monoisotopic (exact) mass is 611 g/mol. The molecule has 0 aliphatic carbocycles. The first-order valence-corrected chi connectivity index (χ1v) is 16.3. The van der Waals surface area contributed by atoms with Crippen LogP contribution < -0.4 is 16.0 Å². The number of para-hydroxylation sites is 1. The Hall–Kier alpha value is -5.29. The normalized spacial score (nSPS) is 18.4. The number of hydrogen-bond acceptors (Lipinski definition) is 5. The van der Waals surface area contributed by atoms with Crippen LogP contribution in [0.15, 0.2) is 140 Å². The van der Waals surface area contributed by atoms with E-state index in [0.717, 1.165) is 16.8 Å². The Morgan fingerprint density at radius 3 is 1.93 bits per heavy atom. The fourth-order valence-corrected chi connectivity index (χ4v) is 8.05. The van der Waals surface area contributed by atoms with Crippen molar-refractivity contribution in [3.05, 3.63) is 162 Å². The first-order chi connectivity index (χ1) is 22.7. The highest BCUT2D eigenvalue weighted by atomic mass is 32.1. The van der Waals surface area contributed by atoms with Crippen LogP contribution in [0.1, 0.15) is 40.8 Å². The van der Waals surface area contributed by atoms with Crippen molar-refractivity contribution in [1.29, 1.82) is 5.26 Å². The number of nitrogens with one attached hydrogen (secondary N) is 3. The quantitative estimate of drug-likeness (QED) is 0.186. The number of thiophene rings is 1. The van der Waals surface area contributed by atoms with Crippen molar-refractivity contribution < 1.29 is 0 Å². The van der Waals surface area contributed by atoms with Crippen molar-refractivity contribution in [2.75, 3.05) is 0 Å². The Morgan fingerprint density at radius 2 is 1.15 bits per heavy atom. The van der Waals surface area contributed by atoms with Gasteiger partial charge in [-0.25, -0.2) is 0 Å². The van der Waals surface area contributed by atoms with Crippen LogP contribution in [0.2, 0.25) is 0 Å². The van der Waals surface area contributed by atoms with E-state index in [9.17, 15) is 5.26 Å². The third kappa shape index (κ3) is 4.49. The molecule has 220 valence electrons. The molecule has 8 aromatic rings. The van der Waals surface area contributed by atoms with Gasteiger partial charge in [0.1, 0.15) is 0 Å². The SMILES string of the molecule is N#Cc1ccc(C2NC(c3ccccc3)NC(c3cccc(-n4c5ccccc5c5cc6sc7ccccc7c6cc54)c3)N2)cc1. The minimum absolute atomic E-state index is 0.0786. The van der Waals surface area contributed by atoms with Gasteiger partial charge in [-0.15, -0.1) is 11.3 Å². The van der Waals surface area contributed by atoms with Crippen LogP contribution in [0.3, 0.4) is 0 Å². The van der Waals surface area contributed by atoms with E-state index in [1.165, 1.54) is 47.5 Å². The van der Waals surface area contributed by atoms with Crippen LogP contribution in [0, 0.1) is 11.3 Å². The summed E-state index contributed by atoms with van der Waals surface area (Å²) in [7, 11) is 0. The van der Waals surface area contributed by atoms with Gasteiger partial charge < -0.3 is 4.57 Å². The maximum Gasteiger partial charge on any atom is 0.0991 e. The minimum Gasteiger partial charge on any atom is -0.309 e. The predicted octanol–water partition coefficient (Wildman–Crippen LogP) is 9.20. The Morgan fingerprint density at radius 1 is 0.500 bits per heavy atom. The zero-order chi connectivity index (χ0) is 30.6. The maximum atomic E-state index is 9.35. The summed E-state index contributed by atoms with van der Waals surface area (Å²) in [5, 5.41) is 25.8. The van der Waals surface area contributed by atoms with Crippen LogP contribution in [-0.4, -0.2) is 4.57 Å². The molecule has 46 heavy (non-hydrogen) atoms. The molecule has 3 atom stereocenters. The lowest BCUT2D eigenvalue weighted by Gasteiger charge is -2.39. The van der Waals surface area contributed by atoms with Crippen molar-refractivity contribution in [2.24, 2.45) is 0 Å². The highest BCUT2D eigenvalue weighted by Gasteiger charge is 2.30. The van der Waals surface area contributed by atoms with Crippen molar-refractivity contribution >= 4 is 53.3 Å². The zero-order valence-electron chi connectivity index (χ0n) is 24.8. The van der Waals surface area contributed by atoms with Crippen LogP contribution in [0.5, 0.6) is 0 Å². The molecule has 1 fully saturated rings. The molecule has 6 heteroatoms. The summed E-state index contributed by atoms with van der Waals surface area (Å²) in [6.07, 6.45) is -0.334. The summed E-state index contributed by atoms with van der Waals surface area (Å²) >= 11 is 1.86. The van der Waals surface area contributed by atoms with E-state index in [2.05, 4.69) is 136 Å². The summed E-state index contributed by atoms with van der Waals surface area (Å²) in [5.74, 6) is 0. The second kappa shape index (κ2) is 11.0. The average Bonchev–Trinajstić information content (AvgIpc) is 3.65. The van der Waals surface area contributed by atoms with E-state index in [1.807, 2.05) is 41.7 Å². The van der Waals surface area contributed by atoms with Crippen LogP contribution in [-0.2, 0) is 0 Å². The second-order valence-electron chi connectivity index (χ2n) is 11.9. The molecule has 0 saturated carbocycles. The topological polar surface area (TPSA) is 64.8 Å². The summed E-state index contributed by atoms with van der Waals surface area (Å²) in [6, 6.07) is 51.5. The molecule has 0 amide bonds. The van der Waals surface area contributed by atoms with E-state index in [1.54, 1.807) is 0 Å². The van der Waals surface area contributed by atoms with Crippen molar-refractivity contribution in [3.8, 4) is 11.8 Å². The van der Waals surface area contributed by atoms with Gasteiger partial charge in [-0.2, -0.15) is 5.26 Å².